The highest BCUT2D eigenvalue weighted by Crippen LogP contribution is 2.17. The first-order valence-corrected chi connectivity index (χ1v) is 4.58. The maximum atomic E-state index is 10.2. The number of hydrogen-bond acceptors (Lipinski definition) is 5. The van der Waals surface area contributed by atoms with E-state index in [-0.39, 0.29) is 11.4 Å². The van der Waals surface area contributed by atoms with Gasteiger partial charge in [-0.3, -0.25) is 10.1 Å². The van der Waals surface area contributed by atoms with Crippen LogP contribution in [0.25, 0.3) is 0 Å². The van der Waals surface area contributed by atoms with Crippen LogP contribution in [-0.2, 0) is 0 Å². The van der Waals surface area contributed by atoms with Crippen molar-refractivity contribution in [3.63, 3.8) is 0 Å². The maximum Gasteiger partial charge on any atom is 0.409 e. The highest BCUT2D eigenvalue weighted by molar-refractivity contribution is 6.61. The summed E-state index contributed by atoms with van der Waals surface area (Å²) in [5, 5.41) is 17.4. The van der Waals surface area contributed by atoms with Crippen molar-refractivity contribution in [2.75, 3.05) is 0 Å². The largest absolute Gasteiger partial charge is 0.469 e. The van der Waals surface area contributed by atoms with Crippen molar-refractivity contribution in [3.8, 4) is 5.75 Å². The molecule has 0 atom stereocenters. The van der Waals surface area contributed by atoms with Crippen molar-refractivity contribution < 1.29 is 24.4 Å². The smallest absolute Gasteiger partial charge is 0.409 e. The highest BCUT2D eigenvalue weighted by atomic mass is 35.5. The minimum Gasteiger partial charge on any atom is -0.469 e. The molecule has 9 heteroatoms. The zero-order valence-electron chi connectivity index (χ0n) is 8.00. The summed E-state index contributed by atoms with van der Waals surface area (Å²) in [6.45, 7) is 0. The van der Waals surface area contributed by atoms with Gasteiger partial charge < -0.3 is 9.84 Å². The number of rotatable bonds is 2. The molecule has 0 aromatic heterocycles. The van der Waals surface area contributed by atoms with Crippen LogP contribution in [0.4, 0.5) is 15.3 Å². The van der Waals surface area contributed by atoms with Crippen LogP contribution < -0.4 is 4.74 Å². The third-order valence-electron chi connectivity index (χ3n) is 1.25. The highest BCUT2D eigenvalue weighted by Gasteiger charge is 2.05. The van der Waals surface area contributed by atoms with Crippen LogP contribution in [-0.4, -0.2) is 20.9 Å². The molecule has 0 amide bonds. The van der Waals surface area contributed by atoms with Crippen molar-refractivity contribution in [2.24, 2.45) is 0 Å². The van der Waals surface area contributed by atoms with Gasteiger partial charge in [-0.15, -0.1) is 0 Å². The molecule has 0 unspecified atom stereocenters. The van der Waals surface area contributed by atoms with E-state index >= 15 is 0 Å². The molecule has 92 valence electrons. The number of nitro groups is 1. The summed E-state index contributed by atoms with van der Waals surface area (Å²) in [6.07, 6.45) is 0. The molecule has 0 bridgehead atoms. The zero-order valence-corrected chi connectivity index (χ0v) is 9.51. The molecule has 1 aromatic rings. The number of halogens is 2. The summed E-state index contributed by atoms with van der Waals surface area (Å²) in [5.74, 6) is 0.172. The first kappa shape index (κ1) is 15.1. The van der Waals surface area contributed by atoms with Crippen molar-refractivity contribution in [2.45, 2.75) is 0 Å². The van der Waals surface area contributed by atoms with E-state index in [4.69, 9.17) is 21.5 Å². The number of carbonyl (C=O) groups is 2. The molecule has 7 nitrogen and oxygen atoms in total. The third kappa shape index (κ3) is 8.00. The van der Waals surface area contributed by atoms with Crippen LogP contribution in [0.2, 0.25) is 0 Å². The van der Waals surface area contributed by atoms with Gasteiger partial charge in [0.2, 0.25) is 0 Å². The number of carbonyl (C=O) groups excluding carboxylic acids is 1. The number of nitrogens with zero attached hydrogens (tertiary/aromatic N) is 1. The first-order chi connectivity index (χ1) is 7.82. The van der Waals surface area contributed by atoms with Gasteiger partial charge >= 0.3 is 10.9 Å². The van der Waals surface area contributed by atoms with E-state index in [0.29, 0.717) is 0 Å². The van der Waals surface area contributed by atoms with Crippen LogP contribution in [0.1, 0.15) is 0 Å². The monoisotopic (exact) mass is 281 g/mol. The SMILES string of the molecule is O=C(Cl)Oc1ccc([N+](=O)[O-])cc1.O=C(O)Cl. The van der Waals surface area contributed by atoms with Crippen molar-refractivity contribution >= 4 is 39.7 Å². The van der Waals surface area contributed by atoms with Gasteiger partial charge in [-0.05, 0) is 12.1 Å². The molecule has 0 saturated carbocycles. The summed E-state index contributed by atoms with van der Waals surface area (Å²) in [4.78, 5) is 28.7. The predicted molar refractivity (Wildman–Crippen MR) is 58.9 cm³/mol. The fourth-order valence-corrected chi connectivity index (χ4v) is 0.818. The Hall–Kier alpha value is -1.86. The molecule has 0 spiro atoms. The second-order valence-electron chi connectivity index (χ2n) is 2.34. The van der Waals surface area contributed by atoms with Crippen LogP contribution in [0.5, 0.6) is 5.75 Å². The molecule has 0 fully saturated rings. The summed E-state index contributed by atoms with van der Waals surface area (Å²) in [6, 6.07) is 5.02. The van der Waals surface area contributed by atoms with Gasteiger partial charge in [-0.2, -0.15) is 0 Å². The molecule has 1 rings (SSSR count). The average Bonchev–Trinajstić information content (AvgIpc) is 2.16. The molecule has 1 aromatic carbocycles. The zero-order chi connectivity index (χ0) is 13.4. The molecule has 0 aliphatic heterocycles. The number of hydrogen-bond donors (Lipinski definition) is 1. The van der Waals surface area contributed by atoms with E-state index in [0.717, 1.165) is 0 Å². The number of benzene rings is 1. The Morgan fingerprint density at radius 2 is 1.65 bits per heavy atom. The minimum absolute atomic E-state index is 0.0747. The molecular weight excluding hydrogens is 277 g/mol. The first-order valence-electron chi connectivity index (χ1n) is 3.83. The van der Waals surface area contributed by atoms with Crippen molar-refractivity contribution in [1.82, 2.24) is 0 Å². The van der Waals surface area contributed by atoms with Crippen molar-refractivity contribution in [1.29, 1.82) is 0 Å². The number of ether oxygens (including phenoxy) is 1. The maximum absolute atomic E-state index is 10.2. The van der Waals surface area contributed by atoms with Gasteiger partial charge in [-0.25, -0.2) is 9.59 Å². The van der Waals surface area contributed by atoms with Crippen molar-refractivity contribution in [3.05, 3.63) is 34.4 Å². The number of carboxylic acid groups (broad SMARTS) is 1. The molecule has 0 radical (unpaired) electrons. The number of nitro benzene ring substituents is 1. The lowest BCUT2D eigenvalue weighted by atomic mass is 10.3. The second-order valence-corrected chi connectivity index (χ2v) is 2.98. The van der Waals surface area contributed by atoms with E-state index in [2.05, 4.69) is 16.3 Å². The quantitative estimate of drug-likeness (QED) is 0.507. The average molecular weight is 282 g/mol. The Bertz CT molecular complexity index is 415. The lowest BCUT2D eigenvalue weighted by molar-refractivity contribution is -0.384. The molecular formula is C8H5Cl2NO6. The van der Waals surface area contributed by atoms with E-state index in [1.807, 2.05) is 0 Å². The summed E-state index contributed by atoms with van der Waals surface area (Å²) in [7, 11) is 0. The Morgan fingerprint density at radius 1 is 1.24 bits per heavy atom. The fraction of sp³-hybridized carbons (Fsp3) is 0. The standard InChI is InChI=1S/C7H4ClNO4.CHClO2/c8-7(10)13-6-3-1-5(2-4-6)9(11)12;2-1(3)4/h1-4H;(H,3,4). The van der Waals surface area contributed by atoms with Gasteiger partial charge in [0, 0.05) is 35.3 Å². The molecule has 1 N–H and O–H groups in total. The molecule has 0 heterocycles. The summed E-state index contributed by atoms with van der Waals surface area (Å²) in [5.41, 5.74) is -2.41. The molecule has 17 heavy (non-hydrogen) atoms. The fourth-order valence-electron chi connectivity index (χ4n) is 0.729. The lowest BCUT2D eigenvalue weighted by Gasteiger charge is -1.97. The van der Waals surface area contributed by atoms with Crippen LogP contribution in [0, 0.1) is 10.1 Å². The minimum atomic E-state index is -1.36. The van der Waals surface area contributed by atoms with Gasteiger partial charge in [0.25, 0.3) is 5.69 Å². The summed E-state index contributed by atoms with van der Waals surface area (Å²) < 4.78 is 4.45. The summed E-state index contributed by atoms with van der Waals surface area (Å²) >= 11 is 9.11. The number of non-ortho nitro benzene ring substituents is 1. The molecule has 0 saturated heterocycles. The van der Waals surface area contributed by atoms with Crippen LogP contribution in [0.15, 0.2) is 24.3 Å². The van der Waals surface area contributed by atoms with Gasteiger partial charge in [0.05, 0.1) is 4.92 Å². The Balaban J connectivity index is 0.000000557. The Morgan fingerprint density at radius 3 is 1.94 bits per heavy atom. The van der Waals surface area contributed by atoms with E-state index < -0.39 is 15.8 Å². The topological polar surface area (TPSA) is 107 Å². The van der Waals surface area contributed by atoms with E-state index in [1.165, 1.54) is 24.3 Å². The van der Waals surface area contributed by atoms with Crippen LogP contribution in [0.3, 0.4) is 0 Å². The van der Waals surface area contributed by atoms with Gasteiger partial charge in [0.15, 0.2) is 0 Å². The van der Waals surface area contributed by atoms with Gasteiger partial charge in [-0.1, -0.05) is 0 Å². The van der Waals surface area contributed by atoms with E-state index in [1.54, 1.807) is 0 Å². The van der Waals surface area contributed by atoms with Gasteiger partial charge in [0.1, 0.15) is 5.75 Å². The van der Waals surface area contributed by atoms with E-state index in [9.17, 15) is 14.9 Å². The third-order valence-corrected chi connectivity index (χ3v) is 1.32. The second kappa shape index (κ2) is 7.42. The predicted octanol–water partition coefficient (Wildman–Crippen LogP) is 3.24. The Kier molecular flexibility index (Phi) is 6.61. The molecule has 0 aliphatic rings. The van der Waals surface area contributed by atoms with Crippen LogP contribution >= 0.6 is 23.2 Å². The molecule has 0 aliphatic carbocycles. The normalized spacial score (nSPS) is 8.59. The lowest BCUT2D eigenvalue weighted by Crippen LogP contribution is -1.96. The Labute approximate surface area is 105 Å².